The zero-order chi connectivity index (χ0) is 12.4. The molecule has 18 heavy (non-hydrogen) atoms. The van der Waals surface area contributed by atoms with Gasteiger partial charge in [0.2, 0.25) is 0 Å². The number of ether oxygens (including phenoxy) is 1. The fraction of sp³-hybridized carbons (Fsp3) is 0.692. The molecule has 3 rings (SSSR count). The van der Waals surface area contributed by atoms with Gasteiger partial charge < -0.3 is 15.4 Å². The number of piperidine rings is 1. The van der Waals surface area contributed by atoms with E-state index in [4.69, 9.17) is 10.5 Å². The Hall–Kier alpha value is -1.20. The molecule has 2 fully saturated rings. The lowest BCUT2D eigenvalue weighted by molar-refractivity contribution is 0.193. The minimum absolute atomic E-state index is 0.353. The van der Waals surface area contributed by atoms with Gasteiger partial charge in [-0.05, 0) is 19.3 Å². The fourth-order valence-electron chi connectivity index (χ4n) is 2.65. The van der Waals surface area contributed by atoms with Crippen molar-refractivity contribution in [1.82, 2.24) is 9.97 Å². The highest BCUT2D eigenvalue weighted by Crippen LogP contribution is 2.26. The average molecular weight is 248 g/mol. The Labute approximate surface area is 107 Å². The van der Waals surface area contributed by atoms with Crippen molar-refractivity contribution in [3.63, 3.8) is 0 Å². The number of aromatic nitrogens is 2. The molecule has 0 spiro atoms. The lowest BCUT2D eigenvalue weighted by atomic mass is 10.0. The van der Waals surface area contributed by atoms with Crippen molar-refractivity contribution < 1.29 is 4.74 Å². The van der Waals surface area contributed by atoms with E-state index in [9.17, 15) is 0 Å². The number of nitrogens with two attached hydrogens (primary N) is 1. The molecule has 2 aliphatic heterocycles. The van der Waals surface area contributed by atoms with E-state index in [0.717, 1.165) is 57.1 Å². The van der Waals surface area contributed by atoms with E-state index < -0.39 is 0 Å². The van der Waals surface area contributed by atoms with Gasteiger partial charge >= 0.3 is 0 Å². The van der Waals surface area contributed by atoms with Gasteiger partial charge in [0.15, 0.2) is 0 Å². The largest absolute Gasteiger partial charge is 0.381 e. The van der Waals surface area contributed by atoms with Crippen molar-refractivity contribution in [2.75, 3.05) is 31.2 Å². The normalized spacial score (nSPS) is 25.6. The SMILES string of the molecule is NC1CCN(c2cc(C3CCOC3)ncn2)CC1. The first kappa shape index (κ1) is 11.9. The fourth-order valence-corrected chi connectivity index (χ4v) is 2.65. The molecule has 0 amide bonds. The highest BCUT2D eigenvalue weighted by atomic mass is 16.5. The average Bonchev–Trinajstić information content (AvgIpc) is 2.94. The molecule has 1 unspecified atom stereocenters. The van der Waals surface area contributed by atoms with Crippen LogP contribution in [0.4, 0.5) is 5.82 Å². The van der Waals surface area contributed by atoms with E-state index in [0.29, 0.717) is 12.0 Å². The van der Waals surface area contributed by atoms with Crippen molar-refractivity contribution in [1.29, 1.82) is 0 Å². The molecule has 3 heterocycles. The maximum Gasteiger partial charge on any atom is 0.132 e. The summed E-state index contributed by atoms with van der Waals surface area (Å²) in [6.07, 6.45) is 4.84. The van der Waals surface area contributed by atoms with E-state index in [1.165, 1.54) is 0 Å². The van der Waals surface area contributed by atoms with Gasteiger partial charge in [-0.15, -0.1) is 0 Å². The standard InChI is InChI=1S/C13H20N4O/c14-11-1-4-17(5-2-11)13-7-12(15-9-16-13)10-3-6-18-8-10/h7,9-11H,1-6,8,14H2. The van der Waals surface area contributed by atoms with Crippen LogP contribution in [0.3, 0.4) is 0 Å². The maximum absolute atomic E-state index is 5.93. The van der Waals surface area contributed by atoms with Crippen LogP contribution in [0.5, 0.6) is 0 Å². The van der Waals surface area contributed by atoms with Crippen LogP contribution < -0.4 is 10.6 Å². The van der Waals surface area contributed by atoms with Crippen LogP contribution in [-0.4, -0.2) is 42.3 Å². The first-order chi connectivity index (χ1) is 8.83. The molecule has 1 aromatic rings. The molecule has 0 aliphatic carbocycles. The van der Waals surface area contributed by atoms with Crippen LogP contribution in [0.15, 0.2) is 12.4 Å². The number of rotatable bonds is 2. The lowest BCUT2D eigenvalue weighted by Gasteiger charge is -2.31. The third-order valence-corrected chi connectivity index (χ3v) is 3.89. The minimum atomic E-state index is 0.353. The second-order valence-electron chi connectivity index (χ2n) is 5.19. The molecule has 0 radical (unpaired) electrons. The summed E-state index contributed by atoms with van der Waals surface area (Å²) in [4.78, 5) is 11.1. The Morgan fingerprint density at radius 1 is 1.22 bits per heavy atom. The molecule has 0 aromatic carbocycles. The van der Waals surface area contributed by atoms with Gasteiger partial charge in [0, 0.05) is 37.7 Å². The molecule has 5 nitrogen and oxygen atoms in total. The highest BCUT2D eigenvalue weighted by Gasteiger charge is 2.22. The van der Waals surface area contributed by atoms with Crippen LogP contribution in [0.2, 0.25) is 0 Å². The monoisotopic (exact) mass is 248 g/mol. The molecular formula is C13H20N4O. The van der Waals surface area contributed by atoms with E-state index in [-0.39, 0.29) is 0 Å². The van der Waals surface area contributed by atoms with Gasteiger partial charge in [0.05, 0.1) is 12.3 Å². The van der Waals surface area contributed by atoms with Gasteiger partial charge in [-0.1, -0.05) is 0 Å². The number of hydrogen-bond acceptors (Lipinski definition) is 5. The zero-order valence-corrected chi connectivity index (χ0v) is 10.6. The first-order valence-corrected chi connectivity index (χ1v) is 6.73. The highest BCUT2D eigenvalue weighted by molar-refractivity contribution is 5.40. The van der Waals surface area contributed by atoms with Gasteiger partial charge in [0.25, 0.3) is 0 Å². The molecule has 0 bridgehead atoms. The summed E-state index contributed by atoms with van der Waals surface area (Å²) in [5.41, 5.74) is 7.05. The Balaban J connectivity index is 1.74. The quantitative estimate of drug-likeness (QED) is 0.842. The van der Waals surface area contributed by atoms with Gasteiger partial charge in [-0.25, -0.2) is 9.97 Å². The number of anilines is 1. The summed E-state index contributed by atoms with van der Waals surface area (Å²) in [6, 6.07) is 2.47. The smallest absolute Gasteiger partial charge is 0.132 e. The van der Waals surface area contributed by atoms with Gasteiger partial charge in [-0.3, -0.25) is 0 Å². The second kappa shape index (κ2) is 5.20. The zero-order valence-electron chi connectivity index (χ0n) is 10.6. The van der Waals surface area contributed by atoms with E-state index in [1.807, 2.05) is 0 Å². The summed E-state index contributed by atoms with van der Waals surface area (Å²) in [5, 5.41) is 0. The molecule has 2 N–H and O–H groups in total. The third kappa shape index (κ3) is 2.47. The summed E-state index contributed by atoms with van der Waals surface area (Å²) in [5.74, 6) is 1.48. The second-order valence-corrected chi connectivity index (χ2v) is 5.19. The number of nitrogens with zero attached hydrogens (tertiary/aromatic N) is 3. The van der Waals surface area contributed by atoms with Crippen molar-refractivity contribution in [2.45, 2.75) is 31.2 Å². The van der Waals surface area contributed by atoms with Crippen LogP contribution in [0.1, 0.15) is 30.9 Å². The van der Waals surface area contributed by atoms with Gasteiger partial charge in [0.1, 0.15) is 12.1 Å². The Bertz CT molecular complexity index is 398. The van der Waals surface area contributed by atoms with Crippen molar-refractivity contribution in [3.8, 4) is 0 Å². The molecule has 0 saturated carbocycles. The third-order valence-electron chi connectivity index (χ3n) is 3.89. The van der Waals surface area contributed by atoms with Crippen molar-refractivity contribution >= 4 is 5.82 Å². The molecular weight excluding hydrogens is 228 g/mol. The first-order valence-electron chi connectivity index (χ1n) is 6.73. The van der Waals surface area contributed by atoms with E-state index in [1.54, 1.807) is 6.33 Å². The summed E-state index contributed by atoms with van der Waals surface area (Å²) in [7, 11) is 0. The minimum Gasteiger partial charge on any atom is -0.381 e. The Kier molecular flexibility index (Phi) is 3.43. The van der Waals surface area contributed by atoms with Crippen LogP contribution in [0.25, 0.3) is 0 Å². The van der Waals surface area contributed by atoms with Crippen LogP contribution in [-0.2, 0) is 4.74 Å². The molecule has 98 valence electrons. The predicted octanol–water partition coefficient (Wildman–Crippen LogP) is 0.908. The molecule has 1 aromatic heterocycles. The molecule has 2 saturated heterocycles. The van der Waals surface area contributed by atoms with E-state index >= 15 is 0 Å². The Morgan fingerprint density at radius 2 is 2.06 bits per heavy atom. The summed E-state index contributed by atoms with van der Waals surface area (Å²) in [6.45, 7) is 3.64. The predicted molar refractivity (Wildman–Crippen MR) is 69.6 cm³/mol. The van der Waals surface area contributed by atoms with Crippen LogP contribution >= 0.6 is 0 Å². The summed E-state index contributed by atoms with van der Waals surface area (Å²) >= 11 is 0. The number of hydrogen-bond donors (Lipinski definition) is 1. The van der Waals surface area contributed by atoms with Crippen molar-refractivity contribution in [2.24, 2.45) is 5.73 Å². The molecule has 2 aliphatic rings. The lowest BCUT2D eigenvalue weighted by Crippen LogP contribution is -2.40. The maximum atomic E-state index is 5.93. The topological polar surface area (TPSA) is 64.3 Å². The van der Waals surface area contributed by atoms with Gasteiger partial charge in [-0.2, -0.15) is 0 Å². The van der Waals surface area contributed by atoms with Crippen molar-refractivity contribution in [3.05, 3.63) is 18.1 Å². The van der Waals surface area contributed by atoms with Crippen LogP contribution in [0, 0.1) is 0 Å². The molecule has 5 heteroatoms. The summed E-state index contributed by atoms with van der Waals surface area (Å²) < 4.78 is 5.42. The Morgan fingerprint density at radius 3 is 2.78 bits per heavy atom. The molecule has 1 atom stereocenters. The van der Waals surface area contributed by atoms with E-state index in [2.05, 4.69) is 20.9 Å².